The molecule has 0 rings (SSSR count). The molecule has 0 fully saturated rings. The van der Waals surface area contributed by atoms with Gasteiger partial charge in [0.1, 0.15) is 11.6 Å². The van der Waals surface area contributed by atoms with Crippen LogP contribution in [0, 0.1) is 0 Å². The maximum absolute atomic E-state index is 11.8. The molecular formula is C14H23NO8. The van der Waals surface area contributed by atoms with Gasteiger partial charge in [-0.1, -0.05) is 0 Å². The summed E-state index contributed by atoms with van der Waals surface area (Å²) >= 11 is 0. The molecule has 0 spiro atoms. The summed E-state index contributed by atoms with van der Waals surface area (Å²) in [5, 5.41) is 2.22. The Bertz CT molecular complexity index is 427. The molecule has 0 aromatic rings. The Kier molecular flexibility index (Phi) is 8.67. The van der Waals surface area contributed by atoms with Crippen LogP contribution >= 0.6 is 0 Å². The molecule has 23 heavy (non-hydrogen) atoms. The average Bonchev–Trinajstić information content (AvgIpc) is 2.34. The molecule has 1 N–H and O–H groups in total. The van der Waals surface area contributed by atoms with Crippen LogP contribution in [0.1, 0.15) is 41.0 Å². The van der Waals surface area contributed by atoms with Crippen molar-refractivity contribution in [1.82, 2.24) is 5.32 Å². The van der Waals surface area contributed by atoms with E-state index in [4.69, 9.17) is 9.47 Å². The number of amides is 1. The fraction of sp³-hybridized carbons (Fsp3) is 0.714. The summed E-state index contributed by atoms with van der Waals surface area (Å²) in [6.45, 7) is 7.68. The minimum atomic E-state index is -1.33. The summed E-state index contributed by atoms with van der Waals surface area (Å²) in [5.74, 6) is -1.66. The smallest absolute Gasteiger partial charge is 0.408 e. The van der Waals surface area contributed by atoms with E-state index in [1.165, 1.54) is 0 Å². The molecular weight excluding hydrogens is 310 g/mol. The molecule has 0 aromatic carbocycles. The Balaban J connectivity index is 4.77. The minimum Gasteiger partial charge on any atom is -0.463 e. The van der Waals surface area contributed by atoms with Gasteiger partial charge < -0.3 is 24.3 Å². The summed E-state index contributed by atoms with van der Waals surface area (Å²) in [4.78, 5) is 45.2. The predicted molar refractivity (Wildman–Crippen MR) is 77.1 cm³/mol. The lowest BCUT2D eigenvalue weighted by Gasteiger charge is -2.22. The Labute approximate surface area is 134 Å². The predicted octanol–water partition coefficient (Wildman–Crippen LogP) is 0.895. The molecule has 0 heterocycles. The molecule has 1 unspecified atom stereocenters. The SMILES string of the molecule is CC(C)OC(=O)CC(NC(=O)OC(C)(C)C)C(=O)OCOC=O. The molecule has 0 bridgehead atoms. The number of hydrogen-bond donors (Lipinski definition) is 1. The van der Waals surface area contributed by atoms with Gasteiger partial charge in [-0.2, -0.15) is 0 Å². The number of rotatable bonds is 8. The lowest BCUT2D eigenvalue weighted by atomic mass is 10.2. The van der Waals surface area contributed by atoms with Crippen molar-refractivity contribution >= 4 is 24.5 Å². The highest BCUT2D eigenvalue weighted by molar-refractivity contribution is 5.86. The third-order valence-corrected chi connectivity index (χ3v) is 2.05. The highest BCUT2D eigenvalue weighted by Crippen LogP contribution is 2.08. The average molecular weight is 333 g/mol. The summed E-state index contributed by atoms with van der Waals surface area (Å²) in [5.41, 5.74) is -0.780. The number of ether oxygens (including phenoxy) is 4. The fourth-order valence-electron chi connectivity index (χ4n) is 1.34. The molecule has 0 saturated heterocycles. The third kappa shape index (κ3) is 11.0. The van der Waals surface area contributed by atoms with E-state index >= 15 is 0 Å². The van der Waals surface area contributed by atoms with Crippen molar-refractivity contribution in [3.05, 3.63) is 0 Å². The zero-order valence-electron chi connectivity index (χ0n) is 13.9. The van der Waals surface area contributed by atoms with Gasteiger partial charge >= 0.3 is 18.0 Å². The molecule has 9 heteroatoms. The second-order valence-corrected chi connectivity index (χ2v) is 5.79. The van der Waals surface area contributed by atoms with E-state index in [1.54, 1.807) is 34.6 Å². The number of esters is 2. The van der Waals surface area contributed by atoms with Crippen molar-refractivity contribution in [2.24, 2.45) is 0 Å². The number of alkyl carbamates (subject to hydrolysis) is 1. The van der Waals surface area contributed by atoms with E-state index in [-0.39, 0.29) is 12.6 Å². The van der Waals surface area contributed by atoms with E-state index in [2.05, 4.69) is 14.8 Å². The van der Waals surface area contributed by atoms with E-state index < -0.39 is 42.9 Å². The Morgan fingerprint density at radius 2 is 1.78 bits per heavy atom. The molecule has 0 aliphatic rings. The minimum absolute atomic E-state index is 0.0939. The van der Waals surface area contributed by atoms with Crippen LogP contribution in [-0.2, 0) is 33.3 Å². The second kappa shape index (κ2) is 9.65. The number of carbonyl (C=O) groups excluding carboxylic acids is 4. The maximum Gasteiger partial charge on any atom is 0.408 e. The zero-order valence-corrected chi connectivity index (χ0v) is 13.9. The Morgan fingerprint density at radius 3 is 2.26 bits per heavy atom. The van der Waals surface area contributed by atoms with Crippen molar-refractivity contribution in [2.75, 3.05) is 6.79 Å². The van der Waals surface area contributed by atoms with Gasteiger partial charge in [0, 0.05) is 0 Å². The van der Waals surface area contributed by atoms with Crippen LogP contribution in [0.3, 0.4) is 0 Å². The van der Waals surface area contributed by atoms with Crippen LogP contribution in [0.2, 0.25) is 0 Å². The van der Waals surface area contributed by atoms with Crippen molar-refractivity contribution < 1.29 is 38.1 Å². The molecule has 1 amide bonds. The van der Waals surface area contributed by atoms with E-state index in [1.807, 2.05) is 0 Å². The van der Waals surface area contributed by atoms with Crippen molar-refractivity contribution in [3.8, 4) is 0 Å². The number of hydrogen-bond acceptors (Lipinski definition) is 8. The van der Waals surface area contributed by atoms with Crippen LogP contribution in [0.5, 0.6) is 0 Å². The first kappa shape index (κ1) is 20.7. The van der Waals surface area contributed by atoms with Crippen LogP contribution < -0.4 is 5.32 Å². The summed E-state index contributed by atoms with van der Waals surface area (Å²) in [7, 11) is 0. The van der Waals surface area contributed by atoms with Gasteiger partial charge in [-0.15, -0.1) is 0 Å². The topological polar surface area (TPSA) is 117 Å². The lowest BCUT2D eigenvalue weighted by molar-refractivity contribution is -0.165. The number of nitrogens with one attached hydrogen (secondary N) is 1. The summed E-state index contributed by atoms with van der Waals surface area (Å²) in [6, 6.07) is -1.33. The van der Waals surface area contributed by atoms with Gasteiger partial charge in [0.2, 0.25) is 6.79 Å². The highest BCUT2D eigenvalue weighted by Gasteiger charge is 2.28. The lowest BCUT2D eigenvalue weighted by Crippen LogP contribution is -2.45. The van der Waals surface area contributed by atoms with Crippen LogP contribution in [-0.4, -0.2) is 49.0 Å². The first-order chi connectivity index (χ1) is 10.5. The van der Waals surface area contributed by atoms with E-state index in [0.717, 1.165) is 0 Å². The molecule has 0 aromatic heterocycles. The van der Waals surface area contributed by atoms with Gasteiger partial charge in [0.25, 0.3) is 6.47 Å². The van der Waals surface area contributed by atoms with Gasteiger partial charge in [0.05, 0.1) is 12.5 Å². The van der Waals surface area contributed by atoms with Crippen molar-refractivity contribution in [1.29, 1.82) is 0 Å². The molecule has 132 valence electrons. The van der Waals surface area contributed by atoms with Gasteiger partial charge in [-0.25, -0.2) is 9.59 Å². The second-order valence-electron chi connectivity index (χ2n) is 5.79. The largest absolute Gasteiger partial charge is 0.463 e. The fourth-order valence-corrected chi connectivity index (χ4v) is 1.34. The standard InChI is InChI=1S/C14H23NO8/c1-9(2)22-11(17)6-10(12(18)21-8-20-7-16)15-13(19)23-14(3,4)5/h7,9-10H,6,8H2,1-5H3,(H,15,19). The first-order valence-corrected chi connectivity index (χ1v) is 6.96. The van der Waals surface area contributed by atoms with Crippen molar-refractivity contribution in [3.63, 3.8) is 0 Å². The molecule has 0 aliphatic heterocycles. The van der Waals surface area contributed by atoms with Gasteiger partial charge in [-0.3, -0.25) is 9.59 Å². The molecule has 9 nitrogen and oxygen atoms in total. The Morgan fingerprint density at radius 1 is 1.17 bits per heavy atom. The van der Waals surface area contributed by atoms with E-state index in [0.29, 0.717) is 0 Å². The van der Waals surface area contributed by atoms with Crippen LogP contribution in [0.4, 0.5) is 4.79 Å². The highest BCUT2D eigenvalue weighted by atomic mass is 16.7. The number of carbonyl (C=O) groups is 4. The van der Waals surface area contributed by atoms with Crippen molar-refractivity contribution in [2.45, 2.75) is 58.8 Å². The quantitative estimate of drug-likeness (QED) is 0.229. The van der Waals surface area contributed by atoms with Gasteiger partial charge in [-0.05, 0) is 34.6 Å². The van der Waals surface area contributed by atoms with E-state index in [9.17, 15) is 19.2 Å². The normalized spacial score (nSPS) is 12.1. The third-order valence-electron chi connectivity index (χ3n) is 2.05. The first-order valence-electron chi connectivity index (χ1n) is 6.96. The summed E-state index contributed by atoms with van der Waals surface area (Å²) in [6.07, 6.45) is -1.72. The van der Waals surface area contributed by atoms with Crippen LogP contribution in [0.25, 0.3) is 0 Å². The molecule has 0 aliphatic carbocycles. The maximum atomic E-state index is 11.8. The molecule has 1 atom stereocenters. The monoisotopic (exact) mass is 333 g/mol. The van der Waals surface area contributed by atoms with Crippen LogP contribution in [0.15, 0.2) is 0 Å². The summed E-state index contributed by atoms with van der Waals surface area (Å²) < 4.78 is 18.8. The van der Waals surface area contributed by atoms with Gasteiger partial charge in [0.15, 0.2) is 0 Å². The zero-order chi connectivity index (χ0) is 18.0. The molecule has 0 radical (unpaired) electrons. The molecule has 0 saturated carbocycles. The Hall–Kier alpha value is -2.32.